The predicted octanol–water partition coefficient (Wildman–Crippen LogP) is 1.33. The van der Waals surface area contributed by atoms with E-state index in [4.69, 9.17) is 5.11 Å². The Morgan fingerprint density at radius 3 is 2.88 bits per heavy atom. The second-order valence-corrected chi connectivity index (χ2v) is 7.73. The third-order valence-corrected chi connectivity index (χ3v) is 6.13. The molecule has 2 aliphatic heterocycles. The van der Waals surface area contributed by atoms with Gasteiger partial charge in [-0.05, 0) is 42.3 Å². The smallest absolute Gasteiger partial charge is 0.323 e. The van der Waals surface area contributed by atoms with Crippen molar-refractivity contribution in [2.45, 2.75) is 31.3 Å². The zero-order chi connectivity index (χ0) is 17.2. The van der Waals surface area contributed by atoms with Crippen LogP contribution in [0.3, 0.4) is 0 Å². The maximum Gasteiger partial charge on any atom is 0.323 e. The van der Waals surface area contributed by atoms with Crippen molar-refractivity contribution in [3.05, 3.63) is 22.4 Å². The summed E-state index contributed by atoms with van der Waals surface area (Å²) in [6.45, 7) is 4.25. The fourth-order valence-electron chi connectivity index (χ4n) is 3.88. The van der Waals surface area contributed by atoms with Gasteiger partial charge in [-0.3, -0.25) is 19.4 Å². The minimum absolute atomic E-state index is 0.0300. The molecular formula is C17H25N3O3S. The third-order valence-electron chi connectivity index (χ3n) is 5.40. The van der Waals surface area contributed by atoms with Crippen molar-refractivity contribution in [2.24, 2.45) is 0 Å². The summed E-state index contributed by atoms with van der Waals surface area (Å²) < 4.78 is 0. The number of carboxylic acids is 1. The van der Waals surface area contributed by atoms with Crippen LogP contribution in [0.25, 0.3) is 0 Å². The molecule has 132 valence electrons. The quantitative estimate of drug-likeness (QED) is 0.887. The van der Waals surface area contributed by atoms with Gasteiger partial charge in [0, 0.05) is 44.7 Å². The molecule has 1 spiro atoms. The van der Waals surface area contributed by atoms with Crippen molar-refractivity contribution < 1.29 is 14.7 Å². The van der Waals surface area contributed by atoms with Gasteiger partial charge in [0.15, 0.2) is 0 Å². The minimum Gasteiger partial charge on any atom is -0.480 e. The number of likely N-dealkylation sites (N-methyl/N-ethyl adjacent to an activating group) is 1. The Bertz CT molecular complexity index is 592. The number of thiophene rings is 1. The van der Waals surface area contributed by atoms with Crippen LogP contribution in [0.5, 0.6) is 0 Å². The van der Waals surface area contributed by atoms with E-state index in [0.717, 1.165) is 39.0 Å². The second-order valence-electron chi connectivity index (χ2n) is 6.95. The van der Waals surface area contributed by atoms with E-state index in [1.807, 2.05) is 0 Å². The van der Waals surface area contributed by atoms with Crippen LogP contribution in [0.15, 0.2) is 16.8 Å². The van der Waals surface area contributed by atoms with Crippen molar-refractivity contribution in [3.63, 3.8) is 0 Å². The van der Waals surface area contributed by atoms with Gasteiger partial charge >= 0.3 is 5.97 Å². The van der Waals surface area contributed by atoms with E-state index in [-0.39, 0.29) is 18.0 Å². The fourth-order valence-corrected chi connectivity index (χ4v) is 4.54. The molecule has 1 N–H and O–H groups in total. The zero-order valence-corrected chi connectivity index (χ0v) is 14.9. The lowest BCUT2D eigenvalue weighted by atomic mass is 9.86. The topological polar surface area (TPSA) is 64.1 Å². The summed E-state index contributed by atoms with van der Waals surface area (Å²) >= 11 is 1.72. The molecule has 2 saturated heterocycles. The van der Waals surface area contributed by atoms with Gasteiger partial charge in [0.2, 0.25) is 5.91 Å². The van der Waals surface area contributed by atoms with E-state index < -0.39 is 5.97 Å². The first-order chi connectivity index (χ1) is 11.5. The molecule has 3 heterocycles. The van der Waals surface area contributed by atoms with E-state index >= 15 is 0 Å². The van der Waals surface area contributed by atoms with E-state index in [1.54, 1.807) is 11.3 Å². The molecule has 2 fully saturated rings. The third kappa shape index (κ3) is 3.79. The van der Waals surface area contributed by atoms with E-state index in [1.165, 1.54) is 10.5 Å². The highest BCUT2D eigenvalue weighted by atomic mass is 32.1. The van der Waals surface area contributed by atoms with Crippen LogP contribution in [0.2, 0.25) is 0 Å². The number of carbonyl (C=O) groups excluding carboxylic acids is 1. The van der Waals surface area contributed by atoms with Crippen LogP contribution in [0.4, 0.5) is 0 Å². The molecule has 0 aliphatic carbocycles. The van der Waals surface area contributed by atoms with Crippen molar-refractivity contribution in [3.8, 4) is 0 Å². The zero-order valence-electron chi connectivity index (χ0n) is 14.1. The van der Waals surface area contributed by atoms with Crippen LogP contribution in [-0.2, 0) is 16.1 Å². The van der Waals surface area contributed by atoms with Gasteiger partial charge in [0.05, 0.1) is 0 Å². The molecule has 3 rings (SSSR count). The van der Waals surface area contributed by atoms with Gasteiger partial charge in [0.1, 0.15) is 6.54 Å². The Kier molecular flexibility index (Phi) is 5.22. The summed E-state index contributed by atoms with van der Waals surface area (Å²) in [5.74, 6) is -0.965. The van der Waals surface area contributed by atoms with Crippen LogP contribution in [0, 0.1) is 0 Å². The Morgan fingerprint density at radius 2 is 2.17 bits per heavy atom. The molecule has 1 aromatic heterocycles. The van der Waals surface area contributed by atoms with Crippen molar-refractivity contribution >= 4 is 23.2 Å². The van der Waals surface area contributed by atoms with Gasteiger partial charge in [-0.1, -0.05) is 0 Å². The van der Waals surface area contributed by atoms with Gasteiger partial charge in [0.25, 0.3) is 0 Å². The SMILES string of the molecule is CN1CCN(Cc2ccsc2)CC12CCC(=O)N(CC(=O)O)CC2. The summed E-state index contributed by atoms with van der Waals surface area (Å²) in [7, 11) is 2.14. The highest BCUT2D eigenvalue weighted by Crippen LogP contribution is 2.32. The van der Waals surface area contributed by atoms with Crippen molar-refractivity contribution in [2.75, 3.05) is 39.8 Å². The van der Waals surface area contributed by atoms with E-state index in [9.17, 15) is 9.59 Å². The molecule has 2 aliphatic rings. The summed E-state index contributed by atoms with van der Waals surface area (Å²) in [6, 6.07) is 2.17. The summed E-state index contributed by atoms with van der Waals surface area (Å²) in [6.07, 6.45) is 2.07. The normalized spacial score (nSPS) is 26.7. The van der Waals surface area contributed by atoms with Gasteiger partial charge in [-0.15, -0.1) is 0 Å². The first kappa shape index (κ1) is 17.4. The van der Waals surface area contributed by atoms with Crippen LogP contribution < -0.4 is 0 Å². The Morgan fingerprint density at radius 1 is 1.33 bits per heavy atom. The number of aliphatic carboxylic acids is 1. The van der Waals surface area contributed by atoms with Crippen LogP contribution >= 0.6 is 11.3 Å². The monoisotopic (exact) mass is 351 g/mol. The lowest BCUT2D eigenvalue weighted by Crippen LogP contribution is -2.60. The van der Waals surface area contributed by atoms with Crippen molar-refractivity contribution in [1.29, 1.82) is 0 Å². The molecule has 24 heavy (non-hydrogen) atoms. The highest BCUT2D eigenvalue weighted by Gasteiger charge is 2.42. The lowest BCUT2D eigenvalue weighted by Gasteiger charge is -2.49. The maximum atomic E-state index is 12.3. The fraction of sp³-hybridized carbons (Fsp3) is 0.647. The largest absolute Gasteiger partial charge is 0.480 e. The number of likely N-dealkylation sites (tertiary alicyclic amines) is 1. The average Bonchev–Trinajstić information content (AvgIpc) is 3.00. The molecule has 6 nitrogen and oxygen atoms in total. The number of rotatable bonds is 4. The Labute approximate surface area is 146 Å². The number of hydrogen-bond donors (Lipinski definition) is 1. The number of nitrogens with zero attached hydrogens (tertiary/aromatic N) is 3. The maximum absolute atomic E-state index is 12.3. The highest BCUT2D eigenvalue weighted by molar-refractivity contribution is 7.07. The molecule has 0 radical (unpaired) electrons. The van der Waals surface area contributed by atoms with Gasteiger partial charge < -0.3 is 10.0 Å². The average molecular weight is 351 g/mol. The Balaban J connectivity index is 1.69. The molecule has 7 heteroatoms. The molecule has 1 atom stereocenters. The second kappa shape index (κ2) is 7.21. The molecule has 1 unspecified atom stereocenters. The van der Waals surface area contributed by atoms with E-state index in [2.05, 4.69) is 33.7 Å². The number of piperazine rings is 1. The number of carboxylic acid groups (broad SMARTS) is 1. The molecule has 0 bridgehead atoms. The molecule has 0 saturated carbocycles. The molecule has 0 aromatic carbocycles. The first-order valence-corrected chi connectivity index (χ1v) is 9.37. The van der Waals surface area contributed by atoms with E-state index in [0.29, 0.717) is 13.0 Å². The summed E-state index contributed by atoms with van der Waals surface area (Å²) in [4.78, 5) is 29.6. The van der Waals surface area contributed by atoms with Crippen LogP contribution in [0.1, 0.15) is 24.8 Å². The first-order valence-electron chi connectivity index (χ1n) is 8.43. The molecular weight excluding hydrogens is 326 g/mol. The molecule has 1 aromatic rings. The van der Waals surface area contributed by atoms with Crippen molar-refractivity contribution in [1.82, 2.24) is 14.7 Å². The molecule has 1 amide bonds. The Hall–Kier alpha value is -1.44. The number of amides is 1. The van der Waals surface area contributed by atoms with Gasteiger partial charge in [-0.2, -0.15) is 11.3 Å². The van der Waals surface area contributed by atoms with Crippen LogP contribution in [-0.4, -0.2) is 77.0 Å². The minimum atomic E-state index is -0.935. The standard InChI is InChI=1S/C17H25N3O3S/c1-18-7-8-19(10-14-3-9-24-12-14)13-17(18)4-2-15(21)20(6-5-17)11-16(22)23/h3,9,12H,2,4-8,10-11,13H2,1H3,(H,22,23). The summed E-state index contributed by atoms with van der Waals surface area (Å²) in [5, 5.41) is 13.3. The summed E-state index contributed by atoms with van der Waals surface area (Å²) in [5.41, 5.74) is 1.31. The lowest BCUT2D eigenvalue weighted by molar-refractivity contribution is -0.144. The number of hydrogen-bond acceptors (Lipinski definition) is 5. The number of carbonyl (C=O) groups is 2. The van der Waals surface area contributed by atoms with Gasteiger partial charge in [-0.25, -0.2) is 0 Å². The predicted molar refractivity (Wildman–Crippen MR) is 93.0 cm³/mol.